The maximum atomic E-state index is 11.7. The van der Waals surface area contributed by atoms with Crippen LogP contribution < -0.4 is 4.74 Å². The minimum atomic E-state index is -3.21. The number of ether oxygens (including phenoxy) is 3. The van der Waals surface area contributed by atoms with Gasteiger partial charge in [-0.05, 0) is 42.0 Å². The second kappa shape index (κ2) is 10.1. The molecule has 1 aliphatic rings. The van der Waals surface area contributed by atoms with E-state index in [0.29, 0.717) is 29.2 Å². The van der Waals surface area contributed by atoms with Crippen LogP contribution in [0, 0.1) is 0 Å². The Morgan fingerprint density at radius 3 is 2.48 bits per heavy atom. The zero-order valence-electron chi connectivity index (χ0n) is 18.8. The molecule has 2 heterocycles. The van der Waals surface area contributed by atoms with Gasteiger partial charge in [-0.25, -0.2) is 13.4 Å². The van der Waals surface area contributed by atoms with Crippen LogP contribution in [0.5, 0.6) is 5.19 Å². The molecule has 0 unspecified atom stereocenters. The van der Waals surface area contributed by atoms with Crippen molar-refractivity contribution in [2.75, 3.05) is 39.7 Å². The van der Waals surface area contributed by atoms with E-state index in [1.165, 1.54) is 17.6 Å². The number of likely N-dealkylation sites (tertiary alicyclic amines) is 1. The molecule has 3 aromatic rings. The molecule has 1 saturated heterocycles. The fraction of sp³-hybridized carbons (Fsp3) is 0.375. The highest BCUT2D eigenvalue weighted by molar-refractivity contribution is 7.90. The second-order valence-electron chi connectivity index (χ2n) is 8.00. The van der Waals surface area contributed by atoms with Crippen molar-refractivity contribution in [3.05, 3.63) is 54.9 Å². The Bertz CT molecular complexity index is 1210. The molecule has 33 heavy (non-hydrogen) atoms. The molecule has 1 aliphatic heterocycles. The summed E-state index contributed by atoms with van der Waals surface area (Å²) >= 11 is 1.53. The zero-order chi connectivity index (χ0) is 23.4. The number of nitrogens with zero attached hydrogens (tertiary/aromatic N) is 2. The predicted molar refractivity (Wildman–Crippen MR) is 130 cm³/mol. The number of fused-ring (bicyclic) bond motifs is 1. The Morgan fingerprint density at radius 2 is 1.82 bits per heavy atom. The van der Waals surface area contributed by atoms with Gasteiger partial charge in [-0.3, -0.25) is 0 Å². The van der Waals surface area contributed by atoms with E-state index in [0.717, 1.165) is 47.3 Å². The minimum Gasteiger partial charge on any atom is -0.477 e. The predicted octanol–water partition coefficient (Wildman–Crippen LogP) is 4.34. The molecule has 0 atom stereocenters. The molecule has 4 rings (SSSR count). The van der Waals surface area contributed by atoms with Gasteiger partial charge in [-0.1, -0.05) is 29.5 Å². The van der Waals surface area contributed by atoms with Crippen LogP contribution in [0.4, 0.5) is 0 Å². The van der Waals surface area contributed by atoms with Gasteiger partial charge >= 0.3 is 0 Å². The van der Waals surface area contributed by atoms with E-state index >= 15 is 0 Å². The smallest absolute Gasteiger partial charge is 0.274 e. The van der Waals surface area contributed by atoms with Crippen LogP contribution in [-0.2, 0) is 19.3 Å². The van der Waals surface area contributed by atoms with E-state index in [1.54, 1.807) is 19.2 Å². The van der Waals surface area contributed by atoms with Gasteiger partial charge < -0.3 is 19.1 Å². The standard InChI is InChI=1S/C24H28N2O5S2/c1-17(30-15-14-29-2)26-12-10-20(11-13-26)31-24-25-22-9-6-19(16-23(22)32-24)18-4-7-21(8-5-18)33(3,27)28/h4-9,16,20H,1,10-15H2,2-3H3. The van der Waals surface area contributed by atoms with Gasteiger partial charge in [0.1, 0.15) is 12.7 Å². The SMILES string of the molecule is C=C(OCCOC)N1CCC(Oc2nc3ccc(-c4ccc(S(C)(=O)=O)cc4)cc3s2)CC1. The van der Waals surface area contributed by atoms with Gasteiger partial charge in [-0.2, -0.15) is 0 Å². The highest BCUT2D eigenvalue weighted by Crippen LogP contribution is 2.33. The topological polar surface area (TPSA) is 78.0 Å². The van der Waals surface area contributed by atoms with Gasteiger partial charge in [0.2, 0.25) is 0 Å². The Kier molecular flexibility index (Phi) is 7.21. The monoisotopic (exact) mass is 488 g/mol. The summed E-state index contributed by atoms with van der Waals surface area (Å²) in [7, 11) is -1.56. The molecule has 0 saturated carbocycles. The summed E-state index contributed by atoms with van der Waals surface area (Å²) in [6.07, 6.45) is 3.07. The number of hydrogen-bond donors (Lipinski definition) is 0. The summed E-state index contributed by atoms with van der Waals surface area (Å²) in [4.78, 5) is 7.09. The average molecular weight is 489 g/mol. The molecule has 0 N–H and O–H groups in total. The van der Waals surface area contributed by atoms with E-state index in [4.69, 9.17) is 14.2 Å². The Labute approximate surface area is 198 Å². The van der Waals surface area contributed by atoms with Crippen molar-refractivity contribution in [1.29, 1.82) is 0 Å². The van der Waals surface area contributed by atoms with Crippen molar-refractivity contribution in [3.8, 4) is 16.3 Å². The summed E-state index contributed by atoms with van der Waals surface area (Å²) < 4.78 is 41.2. The fourth-order valence-electron chi connectivity index (χ4n) is 3.73. The number of piperidine rings is 1. The van der Waals surface area contributed by atoms with Crippen LogP contribution in [0.25, 0.3) is 21.3 Å². The van der Waals surface area contributed by atoms with Crippen LogP contribution >= 0.6 is 11.3 Å². The molecule has 0 spiro atoms. The third kappa shape index (κ3) is 5.85. The van der Waals surface area contributed by atoms with Crippen LogP contribution in [0.3, 0.4) is 0 Å². The lowest BCUT2D eigenvalue weighted by Crippen LogP contribution is -2.38. The molecule has 9 heteroatoms. The summed E-state index contributed by atoms with van der Waals surface area (Å²) in [5.41, 5.74) is 2.86. The second-order valence-corrected chi connectivity index (χ2v) is 11.0. The summed E-state index contributed by atoms with van der Waals surface area (Å²) in [5.74, 6) is 0.683. The van der Waals surface area contributed by atoms with Crippen molar-refractivity contribution in [2.45, 2.75) is 23.8 Å². The summed E-state index contributed by atoms with van der Waals surface area (Å²) in [6.45, 7) is 6.71. The van der Waals surface area contributed by atoms with Crippen LogP contribution in [0.1, 0.15) is 12.8 Å². The highest BCUT2D eigenvalue weighted by Gasteiger charge is 2.23. The van der Waals surface area contributed by atoms with E-state index in [2.05, 4.69) is 22.5 Å². The Morgan fingerprint density at radius 1 is 1.12 bits per heavy atom. The number of thiazole rings is 1. The first-order valence-electron chi connectivity index (χ1n) is 10.8. The number of sulfone groups is 1. The maximum Gasteiger partial charge on any atom is 0.274 e. The van der Waals surface area contributed by atoms with Gasteiger partial charge in [0, 0.05) is 39.3 Å². The quantitative estimate of drug-likeness (QED) is 0.327. The van der Waals surface area contributed by atoms with Crippen LogP contribution in [0.2, 0.25) is 0 Å². The molecule has 7 nitrogen and oxygen atoms in total. The number of hydrogen-bond acceptors (Lipinski definition) is 8. The Hall–Kier alpha value is -2.62. The largest absolute Gasteiger partial charge is 0.477 e. The van der Waals surface area contributed by atoms with E-state index in [-0.39, 0.29) is 6.10 Å². The normalized spacial score (nSPS) is 15.0. The van der Waals surface area contributed by atoms with Gasteiger partial charge in [0.05, 0.1) is 21.7 Å². The lowest BCUT2D eigenvalue weighted by Gasteiger charge is -2.33. The first-order valence-corrected chi connectivity index (χ1v) is 13.5. The lowest BCUT2D eigenvalue weighted by molar-refractivity contribution is 0.0405. The van der Waals surface area contributed by atoms with Crippen LogP contribution in [-0.4, -0.2) is 64.1 Å². The lowest BCUT2D eigenvalue weighted by atomic mass is 10.1. The molecule has 0 bridgehead atoms. The molecular formula is C24H28N2O5S2. The van der Waals surface area contributed by atoms with Crippen molar-refractivity contribution in [2.24, 2.45) is 0 Å². The summed E-state index contributed by atoms with van der Waals surface area (Å²) in [5, 5.41) is 0.670. The van der Waals surface area contributed by atoms with Gasteiger partial charge in [0.15, 0.2) is 15.7 Å². The molecule has 0 aliphatic carbocycles. The minimum absolute atomic E-state index is 0.108. The molecule has 176 valence electrons. The van der Waals surface area contributed by atoms with E-state index in [1.807, 2.05) is 24.3 Å². The number of aromatic nitrogens is 1. The van der Waals surface area contributed by atoms with Crippen LogP contribution in [0.15, 0.2) is 59.8 Å². The molecule has 0 amide bonds. The van der Waals surface area contributed by atoms with E-state index < -0.39 is 9.84 Å². The maximum absolute atomic E-state index is 11.7. The molecule has 0 radical (unpaired) electrons. The van der Waals surface area contributed by atoms with Crippen molar-refractivity contribution >= 4 is 31.4 Å². The molecule has 2 aromatic carbocycles. The average Bonchev–Trinajstić information content (AvgIpc) is 3.20. The van der Waals surface area contributed by atoms with Gasteiger partial charge in [-0.15, -0.1) is 0 Å². The Balaban J connectivity index is 1.38. The van der Waals surface area contributed by atoms with Crippen molar-refractivity contribution < 1.29 is 22.6 Å². The zero-order valence-corrected chi connectivity index (χ0v) is 20.5. The van der Waals surface area contributed by atoms with Gasteiger partial charge in [0.25, 0.3) is 5.19 Å². The third-order valence-electron chi connectivity index (χ3n) is 5.60. The highest BCUT2D eigenvalue weighted by atomic mass is 32.2. The number of benzene rings is 2. The number of methoxy groups -OCH3 is 1. The first kappa shape index (κ1) is 23.5. The molecule has 1 fully saturated rings. The third-order valence-corrected chi connectivity index (χ3v) is 7.64. The van der Waals surface area contributed by atoms with Crippen molar-refractivity contribution in [1.82, 2.24) is 9.88 Å². The fourth-order valence-corrected chi connectivity index (χ4v) is 5.28. The number of rotatable bonds is 9. The van der Waals surface area contributed by atoms with Crippen molar-refractivity contribution in [3.63, 3.8) is 0 Å². The molecule has 1 aromatic heterocycles. The summed E-state index contributed by atoms with van der Waals surface area (Å²) in [6, 6.07) is 13.0. The van der Waals surface area contributed by atoms with E-state index in [9.17, 15) is 8.42 Å². The first-order chi connectivity index (χ1) is 15.8. The molecular weight excluding hydrogens is 460 g/mol.